The minimum absolute atomic E-state index is 0.254. The summed E-state index contributed by atoms with van der Waals surface area (Å²) in [7, 11) is 1.72. The third kappa shape index (κ3) is 2.27. The molecule has 0 saturated heterocycles. The average molecular weight is 247 g/mol. The number of carbonyl (C=O) groups is 1. The Hall–Kier alpha value is -2.50. The molecule has 0 fully saturated rings. The van der Waals surface area contributed by atoms with E-state index in [1.807, 2.05) is 6.92 Å². The minimum Gasteiger partial charge on any atom is -0.504 e. The number of phenolic OH excluding ortho intramolecular Hbond substituents is 2. The largest absolute Gasteiger partial charge is 0.504 e. The molecule has 0 atom stereocenters. The molecule has 1 amide bonds. The van der Waals surface area contributed by atoms with Crippen LogP contribution in [0.15, 0.2) is 24.3 Å². The van der Waals surface area contributed by atoms with E-state index in [2.05, 4.69) is 10.4 Å². The molecule has 2 aromatic rings. The van der Waals surface area contributed by atoms with Gasteiger partial charge in [0.15, 0.2) is 11.5 Å². The first-order chi connectivity index (χ1) is 8.47. The van der Waals surface area contributed by atoms with E-state index in [1.165, 1.54) is 18.2 Å². The lowest BCUT2D eigenvalue weighted by atomic mass is 10.2. The highest BCUT2D eigenvalue weighted by Gasteiger charge is 2.11. The fourth-order valence-corrected chi connectivity index (χ4v) is 1.58. The van der Waals surface area contributed by atoms with Crippen LogP contribution in [0.5, 0.6) is 11.5 Å². The summed E-state index contributed by atoms with van der Waals surface area (Å²) >= 11 is 0. The fraction of sp³-hybridized carbons (Fsp3) is 0.167. The topological polar surface area (TPSA) is 87.4 Å². The Balaban J connectivity index is 2.22. The molecule has 6 heteroatoms. The number of carbonyl (C=O) groups excluding carboxylic acids is 1. The number of rotatable bonds is 2. The van der Waals surface area contributed by atoms with Gasteiger partial charge in [-0.05, 0) is 25.1 Å². The van der Waals surface area contributed by atoms with Gasteiger partial charge < -0.3 is 15.5 Å². The number of amides is 1. The highest BCUT2D eigenvalue weighted by atomic mass is 16.3. The van der Waals surface area contributed by atoms with E-state index in [1.54, 1.807) is 17.8 Å². The average Bonchev–Trinajstić information content (AvgIpc) is 2.61. The molecule has 1 aromatic heterocycles. The van der Waals surface area contributed by atoms with Crippen molar-refractivity contribution in [2.45, 2.75) is 6.92 Å². The molecular formula is C12H13N3O3. The summed E-state index contributed by atoms with van der Waals surface area (Å²) in [5.74, 6) is -0.412. The van der Waals surface area contributed by atoms with Gasteiger partial charge in [0.1, 0.15) is 5.82 Å². The Kier molecular flexibility index (Phi) is 2.93. The zero-order chi connectivity index (χ0) is 13.3. The third-order valence-electron chi connectivity index (χ3n) is 2.48. The van der Waals surface area contributed by atoms with Crippen molar-refractivity contribution in [1.82, 2.24) is 9.78 Å². The normalized spacial score (nSPS) is 10.3. The quantitative estimate of drug-likeness (QED) is 0.700. The van der Waals surface area contributed by atoms with Crippen LogP contribution in [0, 0.1) is 6.92 Å². The van der Waals surface area contributed by atoms with Gasteiger partial charge in [0.05, 0.1) is 5.69 Å². The van der Waals surface area contributed by atoms with Crippen molar-refractivity contribution in [2.75, 3.05) is 5.32 Å². The molecule has 0 aliphatic heterocycles. The zero-order valence-corrected chi connectivity index (χ0v) is 10.0. The maximum Gasteiger partial charge on any atom is 0.256 e. The van der Waals surface area contributed by atoms with Gasteiger partial charge in [-0.3, -0.25) is 9.48 Å². The monoisotopic (exact) mass is 247 g/mol. The van der Waals surface area contributed by atoms with Crippen LogP contribution < -0.4 is 5.32 Å². The summed E-state index contributed by atoms with van der Waals surface area (Å²) in [5.41, 5.74) is 1.05. The Morgan fingerprint density at radius 2 is 2.00 bits per heavy atom. The number of hydrogen-bond donors (Lipinski definition) is 3. The van der Waals surface area contributed by atoms with Crippen molar-refractivity contribution < 1.29 is 15.0 Å². The summed E-state index contributed by atoms with van der Waals surface area (Å²) in [6, 6.07) is 5.62. The third-order valence-corrected chi connectivity index (χ3v) is 2.48. The molecule has 0 saturated carbocycles. The Bertz CT molecular complexity index is 605. The van der Waals surface area contributed by atoms with Crippen LogP contribution in [0.2, 0.25) is 0 Å². The summed E-state index contributed by atoms with van der Waals surface area (Å²) in [6.45, 7) is 1.82. The van der Waals surface area contributed by atoms with Gasteiger partial charge in [0, 0.05) is 18.7 Å². The van der Waals surface area contributed by atoms with Crippen LogP contribution in [0.3, 0.4) is 0 Å². The van der Waals surface area contributed by atoms with Crippen molar-refractivity contribution in [3.63, 3.8) is 0 Å². The van der Waals surface area contributed by atoms with Crippen LogP contribution in [0.25, 0.3) is 0 Å². The number of aromatic nitrogens is 2. The van der Waals surface area contributed by atoms with E-state index < -0.39 is 0 Å². The first-order valence-corrected chi connectivity index (χ1v) is 5.31. The van der Waals surface area contributed by atoms with E-state index in [0.29, 0.717) is 5.82 Å². The van der Waals surface area contributed by atoms with Crippen molar-refractivity contribution in [1.29, 1.82) is 0 Å². The van der Waals surface area contributed by atoms with Gasteiger partial charge >= 0.3 is 0 Å². The van der Waals surface area contributed by atoms with E-state index in [-0.39, 0.29) is 23.0 Å². The number of aryl methyl sites for hydroxylation is 2. The Morgan fingerprint density at radius 3 is 2.56 bits per heavy atom. The van der Waals surface area contributed by atoms with Crippen molar-refractivity contribution in [3.8, 4) is 11.5 Å². The molecule has 0 aliphatic rings. The molecule has 1 heterocycles. The molecule has 6 nitrogen and oxygen atoms in total. The number of phenols is 2. The second kappa shape index (κ2) is 4.40. The Labute approximate surface area is 103 Å². The van der Waals surface area contributed by atoms with E-state index in [0.717, 1.165) is 5.69 Å². The lowest BCUT2D eigenvalue weighted by Crippen LogP contribution is -2.14. The number of nitrogens with one attached hydrogen (secondary N) is 1. The summed E-state index contributed by atoms with van der Waals surface area (Å²) < 4.78 is 1.55. The van der Waals surface area contributed by atoms with Crippen LogP contribution in [-0.2, 0) is 7.05 Å². The van der Waals surface area contributed by atoms with Gasteiger partial charge in [-0.2, -0.15) is 5.10 Å². The number of nitrogens with zero attached hydrogens (tertiary/aromatic N) is 2. The first-order valence-electron chi connectivity index (χ1n) is 5.31. The van der Waals surface area contributed by atoms with E-state index >= 15 is 0 Å². The standard InChI is InChI=1S/C12H13N3O3/c1-7-5-11(15(2)14-7)13-12(18)8-3-4-9(16)10(17)6-8/h3-6,16-17H,1-2H3,(H,13,18). The molecule has 3 N–H and O–H groups in total. The van der Waals surface area contributed by atoms with Gasteiger partial charge in [-0.1, -0.05) is 0 Å². The molecule has 0 spiro atoms. The number of hydrogen-bond acceptors (Lipinski definition) is 4. The molecule has 18 heavy (non-hydrogen) atoms. The molecule has 0 unspecified atom stereocenters. The first kappa shape index (κ1) is 12.0. The van der Waals surface area contributed by atoms with Crippen molar-refractivity contribution >= 4 is 11.7 Å². The van der Waals surface area contributed by atoms with Gasteiger partial charge in [-0.15, -0.1) is 0 Å². The zero-order valence-electron chi connectivity index (χ0n) is 10.0. The molecule has 94 valence electrons. The predicted molar refractivity (Wildman–Crippen MR) is 65.7 cm³/mol. The second-order valence-corrected chi connectivity index (χ2v) is 3.95. The minimum atomic E-state index is -0.381. The number of anilines is 1. The van der Waals surface area contributed by atoms with Gasteiger partial charge in [-0.25, -0.2) is 0 Å². The molecule has 2 rings (SSSR count). The lowest BCUT2D eigenvalue weighted by molar-refractivity contribution is 0.102. The van der Waals surface area contributed by atoms with Crippen LogP contribution >= 0.6 is 0 Å². The summed E-state index contributed by atoms with van der Waals surface area (Å²) in [5, 5.41) is 25.3. The van der Waals surface area contributed by atoms with E-state index in [9.17, 15) is 9.90 Å². The smallest absolute Gasteiger partial charge is 0.256 e. The van der Waals surface area contributed by atoms with Gasteiger partial charge in [0.2, 0.25) is 0 Å². The summed E-state index contributed by atoms with van der Waals surface area (Å²) in [4.78, 5) is 11.9. The molecule has 1 aromatic carbocycles. The van der Waals surface area contributed by atoms with Crippen molar-refractivity contribution in [3.05, 3.63) is 35.5 Å². The maximum atomic E-state index is 11.9. The van der Waals surface area contributed by atoms with Crippen LogP contribution in [-0.4, -0.2) is 25.9 Å². The van der Waals surface area contributed by atoms with Crippen LogP contribution in [0.4, 0.5) is 5.82 Å². The number of aromatic hydroxyl groups is 2. The Morgan fingerprint density at radius 1 is 1.28 bits per heavy atom. The van der Waals surface area contributed by atoms with Crippen LogP contribution in [0.1, 0.15) is 16.1 Å². The molecule has 0 radical (unpaired) electrons. The van der Waals surface area contributed by atoms with Gasteiger partial charge in [0.25, 0.3) is 5.91 Å². The van der Waals surface area contributed by atoms with E-state index in [4.69, 9.17) is 5.11 Å². The summed E-state index contributed by atoms with van der Waals surface area (Å²) in [6.07, 6.45) is 0. The second-order valence-electron chi connectivity index (χ2n) is 3.95. The highest BCUT2D eigenvalue weighted by molar-refractivity contribution is 6.04. The maximum absolute atomic E-state index is 11.9. The molecule has 0 aliphatic carbocycles. The number of benzene rings is 1. The lowest BCUT2D eigenvalue weighted by Gasteiger charge is -2.06. The molecule has 0 bridgehead atoms. The SMILES string of the molecule is Cc1cc(NC(=O)c2ccc(O)c(O)c2)n(C)n1. The molecular weight excluding hydrogens is 234 g/mol. The fourth-order valence-electron chi connectivity index (χ4n) is 1.58. The predicted octanol–water partition coefficient (Wildman–Crippen LogP) is 1.39. The highest BCUT2D eigenvalue weighted by Crippen LogP contribution is 2.25. The van der Waals surface area contributed by atoms with Crippen molar-refractivity contribution in [2.24, 2.45) is 7.05 Å².